The Bertz CT molecular complexity index is 462. The maximum Gasteiger partial charge on any atom is 0.306 e. The monoisotopic (exact) mass is 320 g/mol. The lowest BCUT2D eigenvalue weighted by Crippen LogP contribution is -2.13. The summed E-state index contributed by atoms with van der Waals surface area (Å²) in [6.07, 6.45) is 0.230. The molecule has 0 saturated heterocycles. The van der Waals surface area contributed by atoms with E-state index in [1.807, 2.05) is 0 Å². The Kier molecular flexibility index (Phi) is 4.95. The van der Waals surface area contributed by atoms with Crippen LogP contribution in [-0.4, -0.2) is 25.3 Å². The van der Waals surface area contributed by atoms with E-state index in [0.717, 1.165) is 0 Å². The van der Waals surface area contributed by atoms with Crippen LogP contribution in [0.3, 0.4) is 0 Å². The largest absolute Gasteiger partial charge is 0.492 e. The number of aliphatic carboxylic acids is 1. The molecule has 1 aromatic carbocycles. The molecule has 0 fully saturated rings. The number of halogens is 2. The Morgan fingerprint density at radius 2 is 2.00 bits per heavy atom. The summed E-state index contributed by atoms with van der Waals surface area (Å²) in [5.41, 5.74) is 0.581. The Labute approximate surface area is 113 Å². The summed E-state index contributed by atoms with van der Waals surface area (Å²) in [4.78, 5) is 10.9. The lowest BCUT2D eigenvalue weighted by atomic mass is 10.00. The molecule has 100 valence electrons. The average Bonchev–Trinajstić information content (AvgIpc) is 2.32. The van der Waals surface area contributed by atoms with Crippen LogP contribution in [0, 0.1) is 11.7 Å². The third kappa shape index (κ3) is 2.93. The Morgan fingerprint density at radius 1 is 1.44 bits per heavy atom. The van der Waals surface area contributed by atoms with Gasteiger partial charge in [0, 0.05) is 5.56 Å². The molecular formula is C12H14BrFO4. The van der Waals surface area contributed by atoms with Crippen LogP contribution in [0.25, 0.3) is 0 Å². The maximum atomic E-state index is 13.8. The van der Waals surface area contributed by atoms with Gasteiger partial charge in [0.1, 0.15) is 0 Å². The van der Waals surface area contributed by atoms with Gasteiger partial charge in [0.2, 0.25) is 0 Å². The number of ether oxygens (including phenoxy) is 2. The van der Waals surface area contributed by atoms with Gasteiger partial charge < -0.3 is 14.6 Å². The smallest absolute Gasteiger partial charge is 0.306 e. The predicted octanol–water partition coefficient (Wildman–Crippen LogP) is 2.87. The molecule has 1 N–H and O–H groups in total. The average molecular weight is 321 g/mol. The highest BCUT2D eigenvalue weighted by atomic mass is 79.9. The molecule has 1 atom stereocenters. The molecule has 0 aromatic heterocycles. The van der Waals surface area contributed by atoms with Crippen LogP contribution in [0.5, 0.6) is 11.5 Å². The summed E-state index contributed by atoms with van der Waals surface area (Å²) in [5.74, 6) is -1.88. The molecule has 0 saturated carbocycles. The zero-order valence-electron chi connectivity index (χ0n) is 10.3. The topological polar surface area (TPSA) is 55.8 Å². The van der Waals surface area contributed by atoms with Crippen molar-refractivity contribution in [1.29, 1.82) is 0 Å². The first-order valence-electron chi connectivity index (χ1n) is 5.24. The zero-order chi connectivity index (χ0) is 13.9. The van der Waals surface area contributed by atoms with Crippen LogP contribution in [-0.2, 0) is 11.2 Å². The van der Waals surface area contributed by atoms with E-state index in [2.05, 4.69) is 15.9 Å². The molecule has 4 nitrogen and oxygen atoms in total. The van der Waals surface area contributed by atoms with E-state index < -0.39 is 17.7 Å². The normalized spacial score (nSPS) is 12.1. The molecule has 0 aliphatic rings. The highest BCUT2D eigenvalue weighted by Gasteiger charge is 2.22. The molecule has 0 amide bonds. The molecule has 0 aliphatic carbocycles. The Hall–Kier alpha value is -1.30. The van der Waals surface area contributed by atoms with Gasteiger partial charge in [-0.1, -0.05) is 6.92 Å². The van der Waals surface area contributed by atoms with Crippen LogP contribution in [0.4, 0.5) is 4.39 Å². The van der Waals surface area contributed by atoms with Gasteiger partial charge in [0.05, 0.1) is 24.6 Å². The quantitative estimate of drug-likeness (QED) is 0.906. The Balaban J connectivity index is 3.26. The zero-order valence-corrected chi connectivity index (χ0v) is 11.9. The van der Waals surface area contributed by atoms with Crippen LogP contribution in [0.15, 0.2) is 10.5 Å². The SMILES string of the molecule is COc1c(CC(C)C(=O)O)cc(Br)c(F)c1OC. The van der Waals surface area contributed by atoms with Gasteiger partial charge in [-0.3, -0.25) is 4.79 Å². The minimum absolute atomic E-state index is 0.0283. The first-order chi connectivity index (χ1) is 8.42. The highest BCUT2D eigenvalue weighted by Crippen LogP contribution is 2.39. The van der Waals surface area contributed by atoms with Crippen molar-refractivity contribution in [2.75, 3.05) is 14.2 Å². The van der Waals surface area contributed by atoms with Gasteiger partial charge in [0.25, 0.3) is 0 Å². The number of rotatable bonds is 5. The molecule has 1 unspecified atom stereocenters. The second-order valence-corrected chi connectivity index (χ2v) is 4.70. The number of hydrogen-bond acceptors (Lipinski definition) is 3. The van der Waals surface area contributed by atoms with E-state index in [1.54, 1.807) is 6.92 Å². The third-order valence-electron chi connectivity index (χ3n) is 2.56. The van der Waals surface area contributed by atoms with Crippen LogP contribution >= 0.6 is 15.9 Å². The van der Waals surface area contributed by atoms with Crippen molar-refractivity contribution in [1.82, 2.24) is 0 Å². The van der Waals surface area contributed by atoms with Crippen molar-refractivity contribution in [3.05, 3.63) is 21.9 Å². The van der Waals surface area contributed by atoms with E-state index in [0.29, 0.717) is 5.56 Å². The molecule has 0 bridgehead atoms. The first kappa shape index (κ1) is 14.8. The summed E-state index contributed by atoms with van der Waals surface area (Å²) in [5, 5.41) is 8.90. The van der Waals surface area contributed by atoms with Crippen molar-refractivity contribution in [2.45, 2.75) is 13.3 Å². The second-order valence-electron chi connectivity index (χ2n) is 3.84. The maximum absolute atomic E-state index is 13.8. The van der Waals surface area contributed by atoms with E-state index >= 15 is 0 Å². The highest BCUT2D eigenvalue weighted by molar-refractivity contribution is 9.10. The number of benzene rings is 1. The Morgan fingerprint density at radius 3 is 2.44 bits per heavy atom. The summed E-state index contributed by atoms with van der Waals surface area (Å²) in [6, 6.07) is 1.51. The van der Waals surface area contributed by atoms with Crippen LogP contribution in [0.2, 0.25) is 0 Å². The fourth-order valence-corrected chi connectivity index (χ4v) is 2.07. The van der Waals surface area contributed by atoms with Gasteiger partial charge in [-0.2, -0.15) is 0 Å². The predicted molar refractivity (Wildman–Crippen MR) is 67.7 cm³/mol. The van der Waals surface area contributed by atoms with Crippen molar-refractivity contribution in [3.63, 3.8) is 0 Å². The second kappa shape index (κ2) is 6.04. The van der Waals surface area contributed by atoms with Crippen molar-refractivity contribution < 1.29 is 23.8 Å². The third-order valence-corrected chi connectivity index (χ3v) is 3.14. The number of carboxylic acids is 1. The molecule has 18 heavy (non-hydrogen) atoms. The van der Waals surface area contributed by atoms with Gasteiger partial charge in [-0.25, -0.2) is 4.39 Å². The molecule has 0 spiro atoms. The number of carboxylic acid groups (broad SMARTS) is 1. The standard InChI is InChI=1S/C12H14BrFO4/c1-6(12(15)16)4-7-5-8(13)9(14)11(18-3)10(7)17-2/h5-6H,4H2,1-3H3,(H,15,16). The first-order valence-corrected chi connectivity index (χ1v) is 6.03. The van der Waals surface area contributed by atoms with Crippen molar-refractivity contribution in [2.24, 2.45) is 5.92 Å². The lowest BCUT2D eigenvalue weighted by molar-refractivity contribution is -0.141. The molecule has 1 rings (SSSR count). The van der Waals surface area contributed by atoms with Crippen LogP contribution < -0.4 is 9.47 Å². The van der Waals surface area contributed by atoms with Crippen LogP contribution in [0.1, 0.15) is 12.5 Å². The number of methoxy groups -OCH3 is 2. The molecule has 1 aromatic rings. The van der Waals surface area contributed by atoms with E-state index in [4.69, 9.17) is 14.6 Å². The fraction of sp³-hybridized carbons (Fsp3) is 0.417. The molecular weight excluding hydrogens is 307 g/mol. The molecule has 6 heteroatoms. The molecule has 0 aliphatic heterocycles. The van der Waals surface area contributed by atoms with Gasteiger partial charge in [-0.15, -0.1) is 0 Å². The summed E-state index contributed by atoms with van der Waals surface area (Å²) in [7, 11) is 2.72. The van der Waals surface area contributed by atoms with E-state index in [1.165, 1.54) is 20.3 Å². The number of carbonyl (C=O) groups is 1. The summed E-state index contributed by atoms with van der Waals surface area (Å²) in [6.45, 7) is 1.57. The van der Waals surface area contributed by atoms with E-state index in [9.17, 15) is 9.18 Å². The van der Waals surface area contributed by atoms with E-state index in [-0.39, 0.29) is 22.4 Å². The van der Waals surface area contributed by atoms with Crippen molar-refractivity contribution >= 4 is 21.9 Å². The summed E-state index contributed by atoms with van der Waals surface area (Å²) < 4.78 is 24.0. The minimum Gasteiger partial charge on any atom is -0.492 e. The molecule has 0 radical (unpaired) electrons. The fourth-order valence-electron chi connectivity index (χ4n) is 1.61. The molecule has 0 heterocycles. The minimum atomic E-state index is -0.920. The van der Waals surface area contributed by atoms with Gasteiger partial charge >= 0.3 is 5.97 Å². The number of hydrogen-bond donors (Lipinski definition) is 1. The summed E-state index contributed by atoms with van der Waals surface area (Å²) >= 11 is 3.07. The van der Waals surface area contributed by atoms with Gasteiger partial charge in [0.15, 0.2) is 17.3 Å². The van der Waals surface area contributed by atoms with Gasteiger partial charge in [-0.05, 0) is 28.4 Å². The lowest BCUT2D eigenvalue weighted by Gasteiger charge is -2.16. The van der Waals surface area contributed by atoms with Crippen molar-refractivity contribution in [3.8, 4) is 11.5 Å².